The molecule has 1 atom stereocenters. The van der Waals surface area contributed by atoms with Gasteiger partial charge in [-0.3, -0.25) is 4.79 Å². The van der Waals surface area contributed by atoms with E-state index < -0.39 is 0 Å². The Morgan fingerprint density at radius 2 is 2.32 bits per heavy atom. The first-order valence-corrected chi connectivity index (χ1v) is 6.94. The number of carbonyl (C=O) groups excluding carboxylic acids is 1. The van der Waals surface area contributed by atoms with Crippen molar-refractivity contribution >= 4 is 11.6 Å². The maximum absolute atomic E-state index is 12.2. The van der Waals surface area contributed by atoms with Crippen LogP contribution >= 0.6 is 0 Å². The lowest BCUT2D eigenvalue weighted by Crippen LogP contribution is -2.44. The van der Waals surface area contributed by atoms with E-state index in [1.54, 1.807) is 0 Å². The molecule has 1 aromatic rings. The normalized spacial score (nSPS) is 19.3. The van der Waals surface area contributed by atoms with Crippen molar-refractivity contribution in [2.75, 3.05) is 18.4 Å². The molecule has 1 aliphatic heterocycles. The van der Waals surface area contributed by atoms with Crippen molar-refractivity contribution in [3.8, 4) is 0 Å². The quantitative estimate of drug-likeness (QED) is 0.872. The summed E-state index contributed by atoms with van der Waals surface area (Å²) < 4.78 is 0. The fourth-order valence-electron chi connectivity index (χ4n) is 2.53. The molecule has 1 aromatic carbocycles. The molecule has 0 aliphatic carbocycles. The second-order valence-electron chi connectivity index (χ2n) is 5.14. The number of nitrogens with one attached hydrogen (secondary N) is 1. The van der Waals surface area contributed by atoms with Gasteiger partial charge in [-0.2, -0.15) is 0 Å². The summed E-state index contributed by atoms with van der Waals surface area (Å²) in [6, 6.07) is 7.87. The highest BCUT2D eigenvalue weighted by Crippen LogP contribution is 2.17. The SMILES string of the molecule is CC1CCCCN1C(=O)CNc1cccc(CO)c1. The number of anilines is 1. The first-order valence-electron chi connectivity index (χ1n) is 6.94. The van der Waals surface area contributed by atoms with Crippen LogP contribution in [0.15, 0.2) is 24.3 Å². The number of benzene rings is 1. The van der Waals surface area contributed by atoms with Crippen LogP contribution < -0.4 is 5.32 Å². The molecular formula is C15H22N2O2. The number of rotatable bonds is 4. The predicted molar refractivity (Wildman–Crippen MR) is 75.9 cm³/mol. The number of hydrogen-bond acceptors (Lipinski definition) is 3. The second-order valence-corrected chi connectivity index (χ2v) is 5.14. The Hall–Kier alpha value is -1.55. The van der Waals surface area contributed by atoms with Gasteiger partial charge in [-0.1, -0.05) is 12.1 Å². The molecule has 4 nitrogen and oxygen atoms in total. The van der Waals surface area contributed by atoms with E-state index in [2.05, 4.69) is 12.2 Å². The van der Waals surface area contributed by atoms with Crippen molar-refractivity contribution in [1.82, 2.24) is 4.90 Å². The fourth-order valence-corrected chi connectivity index (χ4v) is 2.53. The third-order valence-corrected chi connectivity index (χ3v) is 3.68. The molecule has 0 aromatic heterocycles. The Kier molecular flexibility index (Phi) is 4.80. The number of likely N-dealkylation sites (tertiary alicyclic amines) is 1. The molecule has 2 N–H and O–H groups in total. The zero-order chi connectivity index (χ0) is 13.7. The molecule has 0 saturated carbocycles. The zero-order valence-electron chi connectivity index (χ0n) is 11.4. The van der Waals surface area contributed by atoms with E-state index in [1.165, 1.54) is 6.42 Å². The third kappa shape index (κ3) is 3.70. The van der Waals surface area contributed by atoms with Crippen LogP contribution in [-0.4, -0.2) is 35.0 Å². The molecule has 19 heavy (non-hydrogen) atoms. The summed E-state index contributed by atoms with van der Waals surface area (Å²) in [6.45, 7) is 3.33. The Balaban J connectivity index is 1.88. The molecule has 1 fully saturated rings. The van der Waals surface area contributed by atoms with E-state index in [4.69, 9.17) is 5.11 Å². The van der Waals surface area contributed by atoms with Crippen LogP contribution in [0.4, 0.5) is 5.69 Å². The summed E-state index contributed by atoms with van der Waals surface area (Å²) in [5.41, 5.74) is 1.73. The molecule has 1 saturated heterocycles. The first kappa shape index (κ1) is 13.9. The van der Waals surface area contributed by atoms with Gasteiger partial charge in [-0.15, -0.1) is 0 Å². The maximum Gasteiger partial charge on any atom is 0.242 e. The third-order valence-electron chi connectivity index (χ3n) is 3.68. The summed E-state index contributed by atoms with van der Waals surface area (Å²) in [4.78, 5) is 14.1. The number of aliphatic hydroxyl groups is 1. The van der Waals surface area contributed by atoms with Gasteiger partial charge in [0.2, 0.25) is 5.91 Å². The van der Waals surface area contributed by atoms with Crippen molar-refractivity contribution < 1.29 is 9.90 Å². The van der Waals surface area contributed by atoms with Gasteiger partial charge >= 0.3 is 0 Å². The monoisotopic (exact) mass is 262 g/mol. The summed E-state index contributed by atoms with van der Waals surface area (Å²) in [6.07, 6.45) is 3.43. The first-order chi connectivity index (χ1) is 9.20. The minimum atomic E-state index is 0.0205. The highest BCUT2D eigenvalue weighted by atomic mass is 16.3. The van der Waals surface area contributed by atoms with Gasteiger partial charge in [0, 0.05) is 18.3 Å². The maximum atomic E-state index is 12.2. The van der Waals surface area contributed by atoms with E-state index in [-0.39, 0.29) is 12.5 Å². The standard InChI is InChI=1S/C15H22N2O2/c1-12-5-2-3-8-17(12)15(19)10-16-14-7-4-6-13(9-14)11-18/h4,6-7,9,12,16,18H,2-3,5,8,10-11H2,1H3. The summed E-state index contributed by atoms with van der Waals surface area (Å²) in [5, 5.41) is 12.2. The molecule has 1 heterocycles. The van der Waals surface area contributed by atoms with Crippen LogP contribution in [0, 0.1) is 0 Å². The smallest absolute Gasteiger partial charge is 0.242 e. The van der Waals surface area contributed by atoms with Crippen molar-refractivity contribution in [2.45, 2.75) is 38.8 Å². The molecule has 104 valence electrons. The number of hydrogen-bond donors (Lipinski definition) is 2. The molecule has 1 unspecified atom stereocenters. The zero-order valence-corrected chi connectivity index (χ0v) is 11.4. The van der Waals surface area contributed by atoms with Crippen LogP contribution in [0.3, 0.4) is 0 Å². The van der Waals surface area contributed by atoms with Crippen LogP contribution in [-0.2, 0) is 11.4 Å². The molecule has 4 heteroatoms. The van der Waals surface area contributed by atoms with E-state index in [0.29, 0.717) is 12.6 Å². The number of carbonyl (C=O) groups is 1. The van der Waals surface area contributed by atoms with Gasteiger partial charge < -0.3 is 15.3 Å². The van der Waals surface area contributed by atoms with Crippen molar-refractivity contribution in [2.24, 2.45) is 0 Å². The lowest BCUT2D eigenvalue weighted by Gasteiger charge is -2.33. The van der Waals surface area contributed by atoms with Crippen LogP contribution in [0.1, 0.15) is 31.7 Å². The second kappa shape index (κ2) is 6.57. The highest BCUT2D eigenvalue weighted by molar-refractivity contribution is 5.81. The van der Waals surface area contributed by atoms with Crippen molar-refractivity contribution in [3.63, 3.8) is 0 Å². The summed E-state index contributed by atoms with van der Waals surface area (Å²) in [5.74, 6) is 0.154. The number of amides is 1. The minimum absolute atomic E-state index is 0.0205. The molecule has 2 rings (SSSR count). The van der Waals surface area contributed by atoms with E-state index >= 15 is 0 Å². The lowest BCUT2D eigenvalue weighted by atomic mass is 10.0. The van der Waals surface area contributed by atoms with Crippen LogP contribution in [0.2, 0.25) is 0 Å². The van der Waals surface area contributed by atoms with Gasteiger partial charge in [-0.05, 0) is 43.9 Å². The Morgan fingerprint density at radius 1 is 1.47 bits per heavy atom. The average molecular weight is 262 g/mol. The average Bonchev–Trinajstić information content (AvgIpc) is 2.45. The van der Waals surface area contributed by atoms with Crippen molar-refractivity contribution in [3.05, 3.63) is 29.8 Å². The largest absolute Gasteiger partial charge is 0.392 e. The Morgan fingerprint density at radius 3 is 3.05 bits per heavy atom. The topological polar surface area (TPSA) is 52.6 Å². The molecule has 0 radical (unpaired) electrons. The van der Waals surface area contributed by atoms with Gasteiger partial charge in [-0.25, -0.2) is 0 Å². The molecule has 1 amide bonds. The van der Waals surface area contributed by atoms with Gasteiger partial charge in [0.25, 0.3) is 0 Å². The number of piperidine rings is 1. The van der Waals surface area contributed by atoms with Gasteiger partial charge in [0.1, 0.15) is 0 Å². The Labute approximate surface area is 114 Å². The molecule has 1 aliphatic rings. The van der Waals surface area contributed by atoms with Crippen LogP contribution in [0.5, 0.6) is 0 Å². The Bertz CT molecular complexity index is 434. The highest BCUT2D eigenvalue weighted by Gasteiger charge is 2.22. The number of aliphatic hydroxyl groups excluding tert-OH is 1. The van der Waals surface area contributed by atoms with E-state index in [9.17, 15) is 4.79 Å². The summed E-state index contributed by atoms with van der Waals surface area (Å²) >= 11 is 0. The van der Waals surface area contributed by atoms with E-state index in [0.717, 1.165) is 30.6 Å². The molecule has 0 spiro atoms. The van der Waals surface area contributed by atoms with Gasteiger partial charge in [0.15, 0.2) is 0 Å². The van der Waals surface area contributed by atoms with Crippen LogP contribution in [0.25, 0.3) is 0 Å². The van der Waals surface area contributed by atoms with Gasteiger partial charge in [0.05, 0.1) is 13.2 Å². The van der Waals surface area contributed by atoms with E-state index in [1.807, 2.05) is 29.2 Å². The predicted octanol–water partition coefficient (Wildman–Crippen LogP) is 1.99. The molecule has 0 bridgehead atoms. The number of nitrogens with zero attached hydrogens (tertiary/aromatic N) is 1. The molecular weight excluding hydrogens is 240 g/mol. The lowest BCUT2D eigenvalue weighted by molar-refractivity contribution is -0.132. The van der Waals surface area contributed by atoms with Crippen molar-refractivity contribution in [1.29, 1.82) is 0 Å². The fraction of sp³-hybridized carbons (Fsp3) is 0.533. The summed E-state index contributed by atoms with van der Waals surface area (Å²) in [7, 11) is 0. The minimum Gasteiger partial charge on any atom is -0.392 e.